The molecule has 118 valence electrons. The van der Waals surface area contributed by atoms with Crippen LogP contribution in [0.4, 0.5) is 0 Å². The van der Waals surface area contributed by atoms with Gasteiger partial charge in [0.25, 0.3) is 0 Å². The van der Waals surface area contributed by atoms with Gasteiger partial charge in [-0.25, -0.2) is 4.98 Å². The minimum Gasteiger partial charge on any atom is -0.473 e. The van der Waals surface area contributed by atoms with E-state index in [1.54, 1.807) is 41.5 Å². The van der Waals surface area contributed by atoms with Crippen molar-refractivity contribution >= 4 is 5.91 Å². The third-order valence-electron chi connectivity index (χ3n) is 3.82. The van der Waals surface area contributed by atoms with Gasteiger partial charge < -0.3 is 9.64 Å². The van der Waals surface area contributed by atoms with Crippen LogP contribution in [0.5, 0.6) is 5.88 Å². The fourth-order valence-electron chi connectivity index (χ4n) is 2.58. The maximum atomic E-state index is 12.2. The van der Waals surface area contributed by atoms with Gasteiger partial charge in [0.1, 0.15) is 24.3 Å². The molecule has 0 bridgehead atoms. The summed E-state index contributed by atoms with van der Waals surface area (Å²) >= 11 is 0. The number of ether oxygens (including phenoxy) is 1. The number of amides is 1. The summed E-state index contributed by atoms with van der Waals surface area (Å²) in [4.78, 5) is 18.1. The lowest BCUT2D eigenvalue weighted by Gasteiger charge is -2.32. The van der Waals surface area contributed by atoms with Crippen molar-refractivity contribution in [3.8, 4) is 11.9 Å². The van der Waals surface area contributed by atoms with Crippen molar-refractivity contribution in [1.29, 1.82) is 5.26 Å². The van der Waals surface area contributed by atoms with Crippen LogP contribution in [0.2, 0.25) is 0 Å². The minimum atomic E-state index is -0.0225. The summed E-state index contributed by atoms with van der Waals surface area (Å²) in [7, 11) is 0. The largest absolute Gasteiger partial charge is 0.473 e. The first-order valence-corrected chi connectivity index (χ1v) is 7.53. The first-order valence-electron chi connectivity index (χ1n) is 7.53. The first kappa shape index (κ1) is 15.0. The number of nitriles is 1. The summed E-state index contributed by atoms with van der Waals surface area (Å²) in [5.74, 6) is 0.430. The molecule has 3 heterocycles. The molecule has 0 unspecified atom stereocenters. The molecule has 1 aliphatic rings. The molecule has 0 aromatic carbocycles. The fraction of sp³-hybridized carbons (Fsp3) is 0.375. The van der Waals surface area contributed by atoms with Crippen molar-refractivity contribution in [2.45, 2.75) is 25.5 Å². The van der Waals surface area contributed by atoms with Crippen LogP contribution in [-0.4, -0.2) is 44.8 Å². The Morgan fingerprint density at radius 2 is 2.17 bits per heavy atom. The Labute approximate surface area is 134 Å². The van der Waals surface area contributed by atoms with Crippen molar-refractivity contribution in [1.82, 2.24) is 19.7 Å². The maximum Gasteiger partial charge on any atom is 0.244 e. The molecule has 23 heavy (non-hydrogen) atoms. The Kier molecular flexibility index (Phi) is 4.52. The van der Waals surface area contributed by atoms with E-state index in [1.807, 2.05) is 4.90 Å². The Balaban J connectivity index is 1.52. The SMILES string of the molecule is N#Cc1cccnc1OC1CCN(C(=O)Cn2cccn2)CC1. The highest BCUT2D eigenvalue weighted by atomic mass is 16.5. The van der Waals surface area contributed by atoms with E-state index in [1.165, 1.54) is 0 Å². The lowest BCUT2D eigenvalue weighted by Crippen LogP contribution is -2.43. The monoisotopic (exact) mass is 311 g/mol. The highest BCUT2D eigenvalue weighted by Crippen LogP contribution is 2.20. The average molecular weight is 311 g/mol. The number of hydrogen-bond acceptors (Lipinski definition) is 5. The van der Waals surface area contributed by atoms with Crippen LogP contribution in [0.3, 0.4) is 0 Å². The van der Waals surface area contributed by atoms with Gasteiger partial charge in [0.15, 0.2) is 0 Å². The molecule has 1 amide bonds. The molecule has 2 aromatic rings. The van der Waals surface area contributed by atoms with Gasteiger partial charge >= 0.3 is 0 Å². The van der Waals surface area contributed by atoms with E-state index in [0.29, 0.717) is 24.5 Å². The van der Waals surface area contributed by atoms with Gasteiger partial charge in [-0.2, -0.15) is 10.4 Å². The molecule has 0 atom stereocenters. The van der Waals surface area contributed by atoms with Gasteiger partial charge in [-0.05, 0) is 18.2 Å². The van der Waals surface area contributed by atoms with Crippen molar-refractivity contribution in [2.24, 2.45) is 0 Å². The third kappa shape index (κ3) is 3.66. The standard InChI is InChI=1S/C16H17N5O2/c17-11-13-3-1-6-18-16(13)23-14-4-9-20(10-5-14)15(22)12-21-8-2-7-19-21/h1-3,6-8,14H,4-5,9-10,12H2. The van der Waals surface area contributed by atoms with E-state index in [0.717, 1.165) is 12.8 Å². The summed E-state index contributed by atoms with van der Waals surface area (Å²) in [6.45, 7) is 1.54. The zero-order valence-corrected chi connectivity index (χ0v) is 12.6. The van der Waals surface area contributed by atoms with E-state index in [4.69, 9.17) is 10.00 Å². The molecule has 0 spiro atoms. The van der Waals surface area contributed by atoms with E-state index in [9.17, 15) is 4.79 Å². The van der Waals surface area contributed by atoms with E-state index < -0.39 is 0 Å². The number of aromatic nitrogens is 3. The Bertz CT molecular complexity index is 700. The highest BCUT2D eigenvalue weighted by molar-refractivity contribution is 5.76. The van der Waals surface area contributed by atoms with Crippen LogP contribution >= 0.6 is 0 Å². The molecule has 7 heteroatoms. The summed E-state index contributed by atoms with van der Waals surface area (Å²) in [5, 5.41) is 13.1. The molecule has 0 saturated carbocycles. The fourth-order valence-corrected chi connectivity index (χ4v) is 2.58. The molecule has 1 fully saturated rings. The second-order valence-corrected chi connectivity index (χ2v) is 5.37. The zero-order chi connectivity index (χ0) is 16.1. The van der Waals surface area contributed by atoms with E-state index >= 15 is 0 Å². The number of piperidine rings is 1. The van der Waals surface area contributed by atoms with Crippen LogP contribution in [0.25, 0.3) is 0 Å². The molecule has 0 aliphatic carbocycles. The van der Waals surface area contributed by atoms with Gasteiger partial charge in [-0.3, -0.25) is 9.48 Å². The predicted molar refractivity (Wildman–Crippen MR) is 81.4 cm³/mol. The Morgan fingerprint density at radius 3 is 2.87 bits per heavy atom. The quantitative estimate of drug-likeness (QED) is 0.847. The molecule has 1 aliphatic heterocycles. The van der Waals surface area contributed by atoms with Crippen LogP contribution in [-0.2, 0) is 11.3 Å². The lowest BCUT2D eigenvalue weighted by molar-refractivity contribution is -0.133. The molecule has 0 N–H and O–H groups in total. The normalized spacial score (nSPS) is 15.2. The summed E-state index contributed by atoms with van der Waals surface area (Å²) in [5.41, 5.74) is 0.435. The van der Waals surface area contributed by atoms with Crippen LogP contribution in [0, 0.1) is 11.3 Å². The van der Waals surface area contributed by atoms with Crippen LogP contribution in [0.1, 0.15) is 18.4 Å². The van der Waals surface area contributed by atoms with Gasteiger partial charge in [-0.1, -0.05) is 0 Å². The van der Waals surface area contributed by atoms with Crippen LogP contribution in [0.15, 0.2) is 36.8 Å². The van der Waals surface area contributed by atoms with Crippen LogP contribution < -0.4 is 4.74 Å². The van der Waals surface area contributed by atoms with Gasteiger partial charge in [0, 0.05) is 44.5 Å². The molecule has 1 saturated heterocycles. The number of hydrogen-bond donors (Lipinski definition) is 0. The minimum absolute atomic E-state index is 0.0225. The molecule has 3 rings (SSSR count). The predicted octanol–water partition coefficient (Wildman–Crippen LogP) is 1.22. The molecule has 2 aromatic heterocycles. The topological polar surface area (TPSA) is 84.0 Å². The average Bonchev–Trinajstić information content (AvgIpc) is 3.09. The molecule has 0 radical (unpaired) electrons. The molecular formula is C16H17N5O2. The highest BCUT2D eigenvalue weighted by Gasteiger charge is 2.25. The second-order valence-electron chi connectivity index (χ2n) is 5.37. The number of carbonyl (C=O) groups excluding carboxylic acids is 1. The molecular weight excluding hydrogens is 294 g/mol. The van der Waals surface area contributed by atoms with Crippen molar-refractivity contribution in [2.75, 3.05) is 13.1 Å². The number of carbonyl (C=O) groups is 1. The number of pyridine rings is 1. The molecule has 7 nitrogen and oxygen atoms in total. The maximum absolute atomic E-state index is 12.2. The lowest BCUT2D eigenvalue weighted by atomic mass is 10.1. The van der Waals surface area contributed by atoms with E-state index in [2.05, 4.69) is 16.2 Å². The number of likely N-dealkylation sites (tertiary alicyclic amines) is 1. The van der Waals surface area contributed by atoms with Crippen molar-refractivity contribution in [3.05, 3.63) is 42.4 Å². The summed E-state index contributed by atoms with van der Waals surface area (Å²) in [6.07, 6.45) is 6.48. The number of nitrogens with zero attached hydrogens (tertiary/aromatic N) is 5. The number of rotatable bonds is 4. The Hall–Kier alpha value is -2.88. The van der Waals surface area contributed by atoms with E-state index in [-0.39, 0.29) is 18.6 Å². The van der Waals surface area contributed by atoms with Gasteiger partial charge in [0.2, 0.25) is 11.8 Å². The van der Waals surface area contributed by atoms with Gasteiger partial charge in [0.05, 0.1) is 0 Å². The summed E-state index contributed by atoms with van der Waals surface area (Å²) < 4.78 is 7.45. The van der Waals surface area contributed by atoms with Gasteiger partial charge in [-0.15, -0.1) is 0 Å². The van der Waals surface area contributed by atoms with Crippen molar-refractivity contribution in [3.63, 3.8) is 0 Å². The smallest absolute Gasteiger partial charge is 0.244 e. The second kappa shape index (κ2) is 6.92. The Morgan fingerprint density at radius 1 is 1.35 bits per heavy atom. The third-order valence-corrected chi connectivity index (χ3v) is 3.82. The zero-order valence-electron chi connectivity index (χ0n) is 12.6. The summed E-state index contributed by atoms with van der Waals surface area (Å²) in [6, 6.07) is 7.27. The van der Waals surface area contributed by atoms with Crippen molar-refractivity contribution < 1.29 is 9.53 Å². The first-order chi connectivity index (χ1) is 11.3.